The average Bonchev–Trinajstić information content (AvgIpc) is 3.29. The summed E-state index contributed by atoms with van der Waals surface area (Å²) in [5.74, 6) is 1.29. The van der Waals surface area contributed by atoms with Crippen LogP contribution in [0.15, 0.2) is 71.5 Å². The van der Waals surface area contributed by atoms with E-state index in [1.807, 2.05) is 60.7 Å². The highest BCUT2D eigenvalue weighted by Crippen LogP contribution is 2.29. The van der Waals surface area contributed by atoms with Crippen LogP contribution in [0.3, 0.4) is 0 Å². The van der Waals surface area contributed by atoms with Crippen molar-refractivity contribution in [1.29, 1.82) is 0 Å². The van der Waals surface area contributed by atoms with Gasteiger partial charge in [0.1, 0.15) is 6.61 Å². The maximum absolute atomic E-state index is 13.0. The molecule has 2 heterocycles. The van der Waals surface area contributed by atoms with Gasteiger partial charge in [0.2, 0.25) is 0 Å². The van der Waals surface area contributed by atoms with Crippen LogP contribution in [-0.2, 0) is 6.61 Å². The summed E-state index contributed by atoms with van der Waals surface area (Å²) < 4.78 is 13.8. The van der Waals surface area contributed by atoms with Crippen LogP contribution < -0.4 is 19.6 Å². The fraction of sp³-hybridized carbons (Fsp3) is 0.120. The largest absolute Gasteiger partial charge is 0.493 e. The molecule has 0 radical (unpaired) electrons. The Balaban J connectivity index is 1.48. The molecule has 0 aliphatic heterocycles. The molecular weight excluding hydrogens is 408 g/mol. The number of fused-ring (bicyclic) bond motifs is 3. The lowest BCUT2D eigenvalue weighted by Gasteiger charge is -2.12. The third-order valence-corrected chi connectivity index (χ3v) is 6.24. The monoisotopic (exact) mass is 428 g/mol. The molecule has 0 aliphatic rings. The molecule has 0 unspecified atom stereocenters. The van der Waals surface area contributed by atoms with Gasteiger partial charge in [-0.15, -0.1) is 0 Å². The lowest BCUT2D eigenvalue weighted by molar-refractivity contribution is 0.284. The fourth-order valence-electron chi connectivity index (χ4n) is 3.58. The maximum Gasteiger partial charge on any atom is 0.274 e. The summed E-state index contributed by atoms with van der Waals surface area (Å²) in [6, 6.07) is 21.5. The Morgan fingerprint density at radius 3 is 2.68 bits per heavy atom. The first kappa shape index (κ1) is 19.3. The second-order valence-corrected chi connectivity index (χ2v) is 8.27. The number of imidazole rings is 1. The molecule has 0 amide bonds. The minimum absolute atomic E-state index is 0.0625. The molecule has 154 valence electrons. The van der Waals surface area contributed by atoms with E-state index in [0.29, 0.717) is 27.6 Å². The third-order valence-electron chi connectivity index (χ3n) is 5.28. The fourth-order valence-corrected chi connectivity index (χ4v) is 4.57. The molecule has 5 nitrogen and oxygen atoms in total. The summed E-state index contributed by atoms with van der Waals surface area (Å²) in [5.41, 5.74) is 4.78. The minimum atomic E-state index is -0.0625. The maximum atomic E-state index is 13.0. The summed E-state index contributed by atoms with van der Waals surface area (Å²) >= 11 is 1.38. The van der Waals surface area contributed by atoms with Gasteiger partial charge in [-0.3, -0.25) is 4.79 Å². The van der Waals surface area contributed by atoms with Crippen LogP contribution in [0.1, 0.15) is 16.7 Å². The number of methoxy groups -OCH3 is 1. The van der Waals surface area contributed by atoms with Crippen molar-refractivity contribution in [1.82, 2.24) is 9.38 Å². The molecule has 0 aliphatic carbocycles. The van der Waals surface area contributed by atoms with Crippen molar-refractivity contribution in [3.63, 3.8) is 0 Å². The molecule has 0 saturated carbocycles. The Bertz CT molecular complexity index is 1520. The number of rotatable bonds is 5. The number of benzene rings is 3. The number of aromatic nitrogens is 2. The third kappa shape index (κ3) is 3.55. The van der Waals surface area contributed by atoms with E-state index in [4.69, 9.17) is 9.47 Å². The van der Waals surface area contributed by atoms with Gasteiger partial charge in [0.25, 0.3) is 5.56 Å². The molecule has 0 spiro atoms. The number of aryl methyl sites for hydroxylation is 1. The van der Waals surface area contributed by atoms with E-state index in [2.05, 4.69) is 24.0 Å². The van der Waals surface area contributed by atoms with Crippen LogP contribution in [0, 0.1) is 6.92 Å². The van der Waals surface area contributed by atoms with Crippen LogP contribution in [0.4, 0.5) is 0 Å². The standard InChI is InChI=1S/C25H20N2O3S/c1-16-7-3-4-8-18(16)15-30-21-12-11-17(13-22(21)29-2)14-23-24(28)27-20-10-6-5-9-19(20)26-25(27)31-23/h3-14H,15H2,1-2H3/b23-14+. The summed E-state index contributed by atoms with van der Waals surface area (Å²) in [7, 11) is 1.62. The van der Waals surface area contributed by atoms with E-state index in [9.17, 15) is 4.79 Å². The van der Waals surface area contributed by atoms with Crippen LogP contribution in [0.5, 0.6) is 11.5 Å². The van der Waals surface area contributed by atoms with E-state index in [1.165, 1.54) is 16.9 Å². The van der Waals surface area contributed by atoms with Gasteiger partial charge in [0, 0.05) is 0 Å². The minimum Gasteiger partial charge on any atom is -0.493 e. The van der Waals surface area contributed by atoms with E-state index in [1.54, 1.807) is 11.5 Å². The van der Waals surface area contributed by atoms with Crippen molar-refractivity contribution in [2.24, 2.45) is 0 Å². The highest BCUT2D eigenvalue weighted by atomic mass is 32.1. The molecule has 5 aromatic rings. The SMILES string of the molecule is COc1cc(/C=c2/sc3nc4ccccc4n3c2=O)ccc1OCc1ccccc1C. The second kappa shape index (κ2) is 7.89. The Labute approximate surface area is 182 Å². The van der Waals surface area contributed by atoms with Gasteiger partial charge in [-0.25, -0.2) is 9.38 Å². The second-order valence-electron chi connectivity index (χ2n) is 7.26. The quantitative estimate of drug-likeness (QED) is 0.418. The molecule has 0 bridgehead atoms. The van der Waals surface area contributed by atoms with Crippen molar-refractivity contribution >= 4 is 33.4 Å². The first-order valence-electron chi connectivity index (χ1n) is 9.91. The Morgan fingerprint density at radius 1 is 1.03 bits per heavy atom. The van der Waals surface area contributed by atoms with Gasteiger partial charge in [0.05, 0.1) is 22.7 Å². The van der Waals surface area contributed by atoms with E-state index < -0.39 is 0 Å². The first-order chi connectivity index (χ1) is 15.1. The number of para-hydroxylation sites is 2. The van der Waals surface area contributed by atoms with Gasteiger partial charge in [-0.2, -0.15) is 0 Å². The number of hydrogen-bond donors (Lipinski definition) is 0. The van der Waals surface area contributed by atoms with Crippen molar-refractivity contribution < 1.29 is 9.47 Å². The summed E-state index contributed by atoms with van der Waals surface area (Å²) in [6.45, 7) is 2.53. The van der Waals surface area contributed by atoms with Crippen LogP contribution >= 0.6 is 11.3 Å². The van der Waals surface area contributed by atoms with Gasteiger partial charge in [-0.05, 0) is 54.0 Å². The average molecular weight is 429 g/mol. The molecule has 6 heteroatoms. The number of hydrogen-bond acceptors (Lipinski definition) is 5. The van der Waals surface area contributed by atoms with Crippen LogP contribution in [0.25, 0.3) is 22.1 Å². The molecule has 2 aromatic heterocycles. The summed E-state index contributed by atoms with van der Waals surface area (Å²) in [6.07, 6.45) is 1.87. The Morgan fingerprint density at radius 2 is 1.84 bits per heavy atom. The highest BCUT2D eigenvalue weighted by molar-refractivity contribution is 7.15. The molecule has 0 saturated heterocycles. The molecule has 3 aromatic carbocycles. The van der Waals surface area contributed by atoms with Gasteiger partial charge in [-0.1, -0.05) is 53.8 Å². The van der Waals surface area contributed by atoms with E-state index in [0.717, 1.165) is 22.2 Å². The number of ether oxygens (including phenoxy) is 2. The lowest BCUT2D eigenvalue weighted by atomic mass is 10.1. The smallest absolute Gasteiger partial charge is 0.274 e. The number of thiazole rings is 1. The van der Waals surface area contributed by atoms with Crippen molar-refractivity contribution in [2.75, 3.05) is 7.11 Å². The van der Waals surface area contributed by atoms with Gasteiger partial charge in [0.15, 0.2) is 16.5 Å². The number of nitrogens with zero attached hydrogens (tertiary/aromatic N) is 2. The molecular formula is C25H20N2O3S. The topological polar surface area (TPSA) is 52.8 Å². The zero-order valence-electron chi connectivity index (χ0n) is 17.2. The van der Waals surface area contributed by atoms with Gasteiger partial charge < -0.3 is 9.47 Å². The summed E-state index contributed by atoms with van der Waals surface area (Å²) in [4.78, 5) is 18.2. The van der Waals surface area contributed by atoms with Crippen LogP contribution in [0.2, 0.25) is 0 Å². The predicted molar refractivity (Wildman–Crippen MR) is 124 cm³/mol. The van der Waals surface area contributed by atoms with Crippen molar-refractivity contribution in [2.45, 2.75) is 13.5 Å². The van der Waals surface area contributed by atoms with E-state index in [-0.39, 0.29) is 5.56 Å². The Hall–Kier alpha value is -3.64. The van der Waals surface area contributed by atoms with E-state index >= 15 is 0 Å². The summed E-state index contributed by atoms with van der Waals surface area (Å²) in [5, 5.41) is 0. The molecule has 5 rings (SSSR count). The van der Waals surface area contributed by atoms with Crippen molar-refractivity contribution in [3.8, 4) is 11.5 Å². The lowest BCUT2D eigenvalue weighted by Crippen LogP contribution is -2.22. The zero-order chi connectivity index (χ0) is 21.4. The zero-order valence-corrected chi connectivity index (χ0v) is 18.0. The van der Waals surface area contributed by atoms with Crippen LogP contribution in [-0.4, -0.2) is 16.5 Å². The molecule has 0 N–H and O–H groups in total. The van der Waals surface area contributed by atoms with Crippen molar-refractivity contribution in [3.05, 3.63) is 98.3 Å². The first-order valence-corrected chi connectivity index (χ1v) is 10.7. The normalized spacial score (nSPS) is 12.0. The molecule has 31 heavy (non-hydrogen) atoms. The Kier molecular flexibility index (Phi) is 4.92. The predicted octanol–water partition coefficient (Wildman–Crippen LogP) is 4.35. The van der Waals surface area contributed by atoms with Gasteiger partial charge >= 0.3 is 0 Å². The highest BCUT2D eigenvalue weighted by Gasteiger charge is 2.11. The molecule has 0 atom stereocenters. The molecule has 0 fully saturated rings.